The van der Waals surface area contributed by atoms with Crippen molar-refractivity contribution in [1.82, 2.24) is 4.98 Å². The molecule has 0 aliphatic rings. The average molecular weight is 377 g/mol. The Balaban J connectivity index is 2.66. The van der Waals surface area contributed by atoms with E-state index in [1.807, 2.05) is 13.0 Å². The number of hydrogen-bond acceptors (Lipinski definition) is 4. The number of aryl methyl sites for hydroxylation is 1. The predicted octanol–water partition coefficient (Wildman–Crippen LogP) is 3.78. The molecule has 120 valence electrons. The molecule has 0 atom stereocenters. The Bertz CT molecular complexity index is 822. The molecule has 23 heavy (non-hydrogen) atoms. The van der Waals surface area contributed by atoms with Crippen LogP contribution in [0.2, 0.25) is 0 Å². The fraction of sp³-hybridized carbons (Fsp3) is 0.294. The molecule has 2 rings (SSSR count). The van der Waals surface area contributed by atoms with E-state index in [0.29, 0.717) is 34.9 Å². The monoisotopic (exact) mass is 376 g/mol. The first kappa shape index (κ1) is 17.1. The normalized spacial score (nSPS) is 10.2. The molecule has 0 aliphatic heterocycles. The molecule has 0 aliphatic carbocycles. The van der Waals surface area contributed by atoms with Crippen molar-refractivity contribution in [2.24, 2.45) is 0 Å². The standard InChI is InChI=1S/C17H17BrN2O3/c1-4-5-23-16-8-14(18)12(7-15(16)22-3)11-6-10(2)20-17(21)13(11)9-19/h6-8H,4-5H2,1-3H3,(H,20,21). The van der Waals surface area contributed by atoms with Gasteiger partial charge in [0.2, 0.25) is 0 Å². The number of aromatic amines is 1. The summed E-state index contributed by atoms with van der Waals surface area (Å²) < 4.78 is 11.8. The molecule has 0 saturated heterocycles. The molecule has 0 amide bonds. The van der Waals surface area contributed by atoms with Gasteiger partial charge in [-0.1, -0.05) is 22.9 Å². The minimum atomic E-state index is -0.403. The lowest BCUT2D eigenvalue weighted by Gasteiger charge is -2.14. The van der Waals surface area contributed by atoms with Crippen molar-refractivity contribution < 1.29 is 9.47 Å². The Labute approximate surface area is 143 Å². The maximum absolute atomic E-state index is 12.0. The van der Waals surface area contributed by atoms with Gasteiger partial charge in [-0.3, -0.25) is 4.79 Å². The van der Waals surface area contributed by atoms with Crippen molar-refractivity contribution in [2.75, 3.05) is 13.7 Å². The lowest BCUT2D eigenvalue weighted by molar-refractivity contribution is 0.294. The van der Waals surface area contributed by atoms with Gasteiger partial charge in [-0.2, -0.15) is 5.26 Å². The number of nitriles is 1. The van der Waals surface area contributed by atoms with Crippen LogP contribution in [-0.4, -0.2) is 18.7 Å². The molecule has 0 unspecified atom stereocenters. The molecule has 2 aromatic rings. The topological polar surface area (TPSA) is 75.1 Å². The van der Waals surface area contributed by atoms with Gasteiger partial charge in [0, 0.05) is 21.3 Å². The average Bonchev–Trinajstić information content (AvgIpc) is 2.52. The van der Waals surface area contributed by atoms with Crippen LogP contribution < -0.4 is 15.0 Å². The van der Waals surface area contributed by atoms with E-state index >= 15 is 0 Å². The molecule has 6 heteroatoms. The molecule has 5 nitrogen and oxygen atoms in total. The zero-order valence-electron chi connectivity index (χ0n) is 13.2. The highest BCUT2D eigenvalue weighted by Crippen LogP contribution is 2.39. The fourth-order valence-corrected chi connectivity index (χ4v) is 2.77. The number of halogens is 1. The third-order valence-corrected chi connectivity index (χ3v) is 3.94. The SMILES string of the molecule is CCCOc1cc(Br)c(-c2cc(C)[nH]c(=O)c2C#N)cc1OC. The summed E-state index contributed by atoms with van der Waals surface area (Å²) in [5.41, 5.74) is 1.61. The van der Waals surface area contributed by atoms with E-state index in [1.165, 1.54) is 0 Å². The zero-order valence-corrected chi connectivity index (χ0v) is 14.8. The number of nitrogens with zero attached hydrogens (tertiary/aromatic N) is 1. The summed E-state index contributed by atoms with van der Waals surface area (Å²) in [4.78, 5) is 14.6. The summed E-state index contributed by atoms with van der Waals surface area (Å²) in [6.45, 7) is 4.37. The lowest BCUT2D eigenvalue weighted by Crippen LogP contribution is -2.13. The number of aromatic nitrogens is 1. The van der Waals surface area contributed by atoms with E-state index < -0.39 is 5.56 Å². The Morgan fingerprint density at radius 2 is 2.00 bits per heavy atom. The third kappa shape index (κ3) is 3.57. The van der Waals surface area contributed by atoms with Gasteiger partial charge in [-0.05, 0) is 31.5 Å². The number of ether oxygens (including phenoxy) is 2. The highest BCUT2D eigenvalue weighted by atomic mass is 79.9. The first-order chi connectivity index (χ1) is 11.0. The molecule has 0 fully saturated rings. The number of hydrogen-bond donors (Lipinski definition) is 1. The van der Waals surface area contributed by atoms with Crippen LogP contribution in [0.1, 0.15) is 24.6 Å². The van der Waals surface area contributed by atoms with E-state index in [2.05, 4.69) is 20.9 Å². The number of benzene rings is 1. The predicted molar refractivity (Wildman–Crippen MR) is 92.0 cm³/mol. The molecular formula is C17H17BrN2O3. The molecular weight excluding hydrogens is 360 g/mol. The van der Waals surface area contributed by atoms with Crippen LogP contribution in [0.4, 0.5) is 0 Å². The van der Waals surface area contributed by atoms with Crippen LogP contribution in [-0.2, 0) is 0 Å². The third-order valence-electron chi connectivity index (χ3n) is 3.28. The quantitative estimate of drug-likeness (QED) is 0.861. The van der Waals surface area contributed by atoms with Crippen molar-refractivity contribution >= 4 is 15.9 Å². The summed E-state index contributed by atoms with van der Waals surface area (Å²) in [6, 6.07) is 7.30. The highest BCUT2D eigenvalue weighted by Gasteiger charge is 2.16. The van der Waals surface area contributed by atoms with Crippen LogP contribution in [0.3, 0.4) is 0 Å². The van der Waals surface area contributed by atoms with Crippen molar-refractivity contribution in [3.8, 4) is 28.7 Å². The van der Waals surface area contributed by atoms with Crippen molar-refractivity contribution in [1.29, 1.82) is 5.26 Å². The first-order valence-electron chi connectivity index (χ1n) is 7.16. The molecule has 1 N–H and O–H groups in total. The Morgan fingerprint density at radius 3 is 2.61 bits per heavy atom. The maximum atomic E-state index is 12.0. The second-order valence-corrected chi connectivity index (χ2v) is 5.87. The van der Waals surface area contributed by atoms with Gasteiger partial charge in [0.25, 0.3) is 5.56 Å². The second kappa shape index (κ2) is 7.34. The Hall–Kier alpha value is -2.26. The van der Waals surface area contributed by atoms with Crippen molar-refractivity contribution in [2.45, 2.75) is 20.3 Å². The fourth-order valence-electron chi connectivity index (χ4n) is 2.24. The summed E-state index contributed by atoms with van der Waals surface area (Å²) in [5.74, 6) is 1.17. The van der Waals surface area contributed by atoms with Crippen LogP contribution in [0.25, 0.3) is 11.1 Å². The van der Waals surface area contributed by atoms with Gasteiger partial charge in [-0.15, -0.1) is 0 Å². The summed E-state index contributed by atoms with van der Waals surface area (Å²) in [5, 5.41) is 9.30. The van der Waals surface area contributed by atoms with E-state index in [9.17, 15) is 10.1 Å². The highest BCUT2D eigenvalue weighted by molar-refractivity contribution is 9.10. The van der Waals surface area contributed by atoms with Crippen LogP contribution in [0.15, 0.2) is 27.5 Å². The second-order valence-electron chi connectivity index (χ2n) is 5.01. The van der Waals surface area contributed by atoms with Gasteiger partial charge < -0.3 is 14.5 Å². The molecule has 0 spiro atoms. The van der Waals surface area contributed by atoms with E-state index in [-0.39, 0.29) is 5.56 Å². The van der Waals surface area contributed by atoms with Gasteiger partial charge >= 0.3 is 0 Å². The largest absolute Gasteiger partial charge is 0.493 e. The minimum absolute atomic E-state index is 0.0700. The van der Waals surface area contributed by atoms with Gasteiger partial charge in [0.05, 0.1) is 13.7 Å². The van der Waals surface area contributed by atoms with E-state index in [0.717, 1.165) is 10.9 Å². The number of methoxy groups -OCH3 is 1. The van der Waals surface area contributed by atoms with Gasteiger partial charge in [0.1, 0.15) is 11.6 Å². The number of pyridine rings is 1. The van der Waals surface area contributed by atoms with Crippen LogP contribution in [0, 0.1) is 18.3 Å². The van der Waals surface area contributed by atoms with E-state index in [4.69, 9.17) is 9.47 Å². The van der Waals surface area contributed by atoms with Crippen LogP contribution in [0.5, 0.6) is 11.5 Å². The number of rotatable bonds is 5. The Kier molecular flexibility index (Phi) is 5.45. The molecule has 1 aromatic heterocycles. The lowest BCUT2D eigenvalue weighted by atomic mass is 10.0. The minimum Gasteiger partial charge on any atom is -0.493 e. The van der Waals surface area contributed by atoms with Crippen molar-refractivity contribution in [3.05, 3.63) is 44.3 Å². The van der Waals surface area contributed by atoms with E-state index in [1.54, 1.807) is 32.2 Å². The zero-order chi connectivity index (χ0) is 17.0. The molecule has 0 saturated carbocycles. The molecule has 0 radical (unpaired) electrons. The summed E-state index contributed by atoms with van der Waals surface area (Å²) >= 11 is 3.49. The van der Waals surface area contributed by atoms with Crippen molar-refractivity contribution in [3.63, 3.8) is 0 Å². The smallest absolute Gasteiger partial charge is 0.266 e. The molecule has 1 aromatic carbocycles. The first-order valence-corrected chi connectivity index (χ1v) is 7.95. The number of H-pyrrole nitrogens is 1. The van der Waals surface area contributed by atoms with Gasteiger partial charge in [-0.25, -0.2) is 0 Å². The van der Waals surface area contributed by atoms with Crippen LogP contribution >= 0.6 is 15.9 Å². The number of nitrogens with one attached hydrogen (secondary N) is 1. The molecule has 0 bridgehead atoms. The van der Waals surface area contributed by atoms with Gasteiger partial charge in [0.15, 0.2) is 11.5 Å². The molecule has 1 heterocycles. The summed E-state index contributed by atoms with van der Waals surface area (Å²) in [7, 11) is 1.56. The summed E-state index contributed by atoms with van der Waals surface area (Å²) in [6.07, 6.45) is 0.883. The Morgan fingerprint density at radius 1 is 1.26 bits per heavy atom. The maximum Gasteiger partial charge on any atom is 0.266 e.